The Morgan fingerprint density at radius 1 is 1.27 bits per heavy atom. The Morgan fingerprint density at radius 3 is 2.50 bits per heavy atom. The van der Waals surface area contributed by atoms with E-state index in [0.717, 1.165) is 11.3 Å². The van der Waals surface area contributed by atoms with E-state index < -0.39 is 10.0 Å². The molecule has 0 aliphatic rings. The Balaban J connectivity index is 2.35. The number of carbonyl (C=O) groups excluding carboxylic acids is 2. The Kier molecular flexibility index (Phi) is 6.98. The van der Waals surface area contributed by atoms with Gasteiger partial charge in [-0.05, 0) is 17.9 Å². The minimum Gasteiger partial charge on any atom is -0.347 e. The van der Waals surface area contributed by atoms with E-state index in [4.69, 9.17) is 0 Å². The van der Waals surface area contributed by atoms with Crippen LogP contribution < -0.4 is 5.32 Å². The van der Waals surface area contributed by atoms with E-state index in [-0.39, 0.29) is 35.5 Å². The minimum atomic E-state index is -3.47. The molecule has 2 amide bonds. The highest BCUT2D eigenvalue weighted by Crippen LogP contribution is 2.19. The van der Waals surface area contributed by atoms with Crippen molar-refractivity contribution < 1.29 is 18.0 Å². The number of sulfonamides is 1. The second-order valence-electron chi connectivity index (χ2n) is 4.93. The van der Waals surface area contributed by atoms with Gasteiger partial charge in [-0.15, -0.1) is 11.3 Å². The highest BCUT2D eigenvalue weighted by molar-refractivity contribution is 7.91. The third kappa shape index (κ3) is 5.39. The van der Waals surface area contributed by atoms with Crippen molar-refractivity contribution in [2.75, 3.05) is 34.2 Å². The minimum absolute atomic E-state index is 0.0465. The van der Waals surface area contributed by atoms with E-state index in [9.17, 15) is 18.0 Å². The highest BCUT2D eigenvalue weighted by atomic mass is 32.2. The lowest BCUT2D eigenvalue weighted by Gasteiger charge is -2.16. The van der Waals surface area contributed by atoms with Crippen LogP contribution in [0.1, 0.15) is 12.8 Å². The third-order valence-electron chi connectivity index (χ3n) is 2.97. The van der Waals surface area contributed by atoms with Crippen LogP contribution in [0.4, 0.5) is 0 Å². The van der Waals surface area contributed by atoms with Gasteiger partial charge in [-0.2, -0.15) is 0 Å². The predicted octanol–water partition coefficient (Wildman–Crippen LogP) is 0.353. The van der Waals surface area contributed by atoms with Crippen LogP contribution in [-0.2, 0) is 19.6 Å². The summed E-state index contributed by atoms with van der Waals surface area (Å²) >= 11 is 1.16. The monoisotopic (exact) mass is 347 g/mol. The quantitative estimate of drug-likeness (QED) is 0.735. The number of hydrogen-bond donors (Lipinski definition) is 1. The molecule has 0 radical (unpaired) electrons. The molecule has 22 heavy (non-hydrogen) atoms. The lowest BCUT2D eigenvalue weighted by atomic mass is 10.3. The zero-order valence-electron chi connectivity index (χ0n) is 12.9. The Labute approximate surface area is 135 Å². The molecular formula is C13H21N3O4S2. The second-order valence-corrected chi connectivity index (χ2v) is 8.15. The molecule has 1 rings (SSSR count). The highest BCUT2D eigenvalue weighted by Gasteiger charge is 2.21. The molecule has 0 saturated heterocycles. The summed E-state index contributed by atoms with van der Waals surface area (Å²) < 4.78 is 25.8. The van der Waals surface area contributed by atoms with Crippen molar-refractivity contribution in [1.82, 2.24) is 14.5 Å². The molecule has 7 nitrogen and oxygen atoms in total. The van der Waals surface area contributed by atoms with Crippen molar-refractivity contribution in [2.45, 2.75) is 17.1 Å². The topological polar surface area (TPSA) is 86.8 Å². The van der Waals surface area contributed by atoms with Crippen LogP contribution in [0.5, 0.6) is 0 Å². The van der Waals surface area contributed by atoms with Crippen LogP contribution in [0, 0.1) is 0 Å². The first-order chi connectivity index (χ1) is 10.2. The van der Waals surface area contributed by atoms with Crippen molar-refractivity contribution in [3.63, 3.8) is 0 Å². The van der Waals surface area contributed by atoms with Gasteiger partial charge in [0.1, 0.15) is 4.21 Å². The summed E-state index contributed by atoms with van der Waals surface area (Å²) in [5.74, 6) is -0.456. The molecule has 1 aromatic heterocycles. The van der Waals surface area contributed by atoms with Crippen LogP contribution in [0.3, 0.4) is 0 Å². The molecule has 0 bridgehead atoms. The first-order valence-electron chi connectivity index (χ1n) is 6.72. The molecule has 0 aliphatic heterocycles. The lowest BCUT2D eigenvalue weighted by Crippen LogP contribution is -2.36. The first kappa shape index (κ1) is 18.6. The fourth-order valence-corrected chi connectivity index (χ4v) is 3.98. The van der Waals surface area contributed by atoms with Gasteiger partial charge in [0.05, 0.1) is 6.54 Å². The summed E-state index contributed by atoms with van der Waals surface area (Å²) in [6, 6.07) is 3.23. The van der Waals surface area contributed by atoms with Gasteiger partial charge >= 0.3 is 0 Å². The lowest BCUT2D eigenvalue weighted by molar-refractivity contribution is -0.130. The number of thiophene rings is 1. The summed E-state index contributed by atoms with van der Waals surface area (Å²) in [6.07, 6.45) is 0.564. The molecule has 0 aliphatic carbocycles. The summed E-state index contributed by atoms with van der Waals surface area (Å²) in [5, 5.41) is 4.21. The van der Waals surface area contributed by atoms with Gasteiger partial charge in [0.2, 0.25) is 11.8 Å². The number of hydrogen-bond acceptors (Lipinski definition) is 5. The largest absolute Gasteiger partial charge is 0.347 e. The van der Waals surface area contributed by atoms with E-state index in [1.54, 1.807) is 31.6 Å². The smallest absolute Gasteiger partial charge is 0.252 e. The predicted molar refractivity (Wildman–Crippen MR) is 85.1 cm³/mol. The zero-order chi connectivity index (χ0) is 16.8. The van der Waals surface area contributed by atoms with Crippen molar-refractivity contribution in [1.29, 1.82) is 0 Å². The number of amides is 2. The molecule has 1 heterocycles. The molecule has 0 aromatic carbocycles. The average molecular weight is 347 g/mol. The number of rotatable bonds is 8. The Hall–Kier alpha value is -1.45. The second kappa shape index (κ2) is 8.25. The molecule has 0 saturated carbocycles. The molecule has 0 atom stereocenters. The fourth-order valence-electron chi connectivity index (χ4n) is 1.57. The Bertz CT molecular complexity index is 597. The Morgan fingerprint density at radius 2 is 1.95 bits per heavy atom. The summed E-state index contributed by atoms with van der Waals surface area (Å²) in [5.41, 5.74) is 0. The van der Waals surface area contributed by atoms with Gasteiger partial charge in [0, 0.05) is 34.1 Å². The van der Waals surface area contributed by atoms with Crippen molar-refractivity contribution in [3.8, 4) is 0 Å². The molecule has 124 valence electrons. The molecular weight excluding hydrogens is 326 g/mol. The van der Waals surface area contributed by atoms with E-state index in [1.807, 2.05) is 0 Å². The molecule has 0 spiro atoms. The summed E-state index contributed by atoms with van der Waals surface area (Å²) in [7, 11) is 1.24. The first-order valence-corrected chi connectivity index (χ1v) is 9.04. The summed E-state index contributed by atoms with van der Waals surface area (Å²) in [6.45, 7) is 0.199. The maximum Gasteiger partial charge on any atom is 0.252 e. The third-order valence-corrected chi connectivity index (χ3v) is 6.20. The van der Waals surface area contributed by atoms with Crippen molar-refractivity contribution in [3.05, 3.63) is 17.5 Å². The van der Waals surface area contributed by atoms with E-state index >= 15 is 0 Å². The molecule has 1 N–H and O–H groups in total. The van der Waals surface area contributed by atoms with Crippen molar-refractivity contribution in [2.24, 2.45) is 0 Å². The maximum absolute atomic E-state index is 12.1. The average Bonchev–Trinajstić information content (AvgIpc) is 2.99. The standard InChI is InChI=1S/C13H21N3O4S2/c1-15(2)12(18)10-14-11(17)6-4-8-16(3)22(19,20)13-7-5-9-21-13/h5,7,9H,4,6,8,10H2,1-3H3,(H,14,17). The fraction of sp³-hybridized carbons (Fsp3) is 0.538. The molecule has 0 fully saturated rings. The van der Waals surface area contributed by atoms with Gasteiger partial charge in [0.25, 0.3) is 10.0 Å². The van der Waals surface area contributed by atoms with Gasteiger partial charge in [-0.1, -0.05) is 6.07 Å². The van der Waals surface area contributed by atoms with Crippen LogP contribution in [0.25, 0.3) is 0 Å². The van der Waals surface area contributed by atoms with E-state index in [1.165, 1.54) is 16.3 Å². The van der Waals surface area contributed by atoms with Gasteiger partial charge in [-0.25, -0.2) is 12.7 Å². The SMILES string of the molecule is CN(C)C(=O)CNC(=O)CCCN(C)S(=O)(=O)c1cccs1. The van der Waals surface area contributed by atoms with Gasteiger partial charge < -0.3 is 10.2 Å². The number of nitrogens with one attached hydrogen (secondary N) is 1. The molecule has 0 unspecified atom stereocenters. The zero-order valence-corrected chi connectivity index (χ0v) is 14.5. The van der Waals surface area contributed by atoms with Crippen molar-refractivity contribution >= 4 is 33.2 Å². The van der Waals surface area contributed by atoms with Crippen LogP contribution in [0.2, 0.25) is 0 Å². The molecule has 1 aromatic rings. The van der Waals surface area contributed by atoms with Crippen LogP contribution >= 0.6 is 11.3 Å². The van der Waals surface area contributed by atoms with Crippen LogP contribution in [0.15, 0.2) is 21.7 Å². The normalized spacial score (nSPS) is 11.5. The number of carbonyl (C=O) groups is 2. The summed E-state index contributed by atoms with van der Waals surface area (Å²) in [4.78, 5) is 24.3. The van der Waals surface area contributed by atoms with E-state index in [0.29, 0.717) is 6.42 Å². The van der Waals surface area contributed by atoms with Gasteiger partial charge in [0.15, 0.2) is 0 Å². The number of likely N-dealkylation sites (N-methyl/N-ethyl adjacent to an activating group) is 1. The van der Waals surface area contributed by atoms with Crippen LogP contribution in [-0.4, -0.2) is 63.7 Å². The molecule has 9 heteroatoms. The van der Waals surface area contributed by atoms with E-state index in [2.05, 4.69) is 5.32 Å². The number of nitrogens with zero attached hydrogens (tertiary/aromatic N) is 2. The maximum atomic E-state index is 12.1. The van der Waals surface area contributed by atoms with Gasteiger partial charge in [-0.3, -0.25) is 9.59 Å².